The number of halogens is 1. The lowest BCUT2D eigenvalue weighted by Gasteiger charge is -2.10. The molecular formula is C25H20BrN5OS2. The van der Waals surface area contributed by atoms with Gasteiger partial charge in [-0.1, -0.05) is 58.0 Å². The number of hydrogen-bond acceptors (Lipinski definition) is 6. The number of fused-ring (bicyclic) bond motifs is 1. The molecule has 170 valence electrons. The van der Waals surface area contributed by atoms with Crippen LogP contribution < -0.4 is 5.32 Å². The number of benzene rings is 2. The molecule has 2 aromatic carbocycles. The Hall–Kier alpha value is -2.93. The number of thiophene rings is 1. The topological polar surface area (TPSA) is 83.6 Å². The summed E-state index contributed by atoms with van der Waals surface area (Å²) in [5.74, 6) is 0.714. The van der Waals surface area contributed by atoms with Gasteiger partial charge in [-0.15, -0.1) is 21.5 Å². The van der Waals surface area contributed by atoms with Gasteiger partial charge in [-0.05, 0) is 55.5 Å². The van der Waals surface area contributed by atoms with E-state index in [0.717, 1.165) is 47.0 Å². The van der Waals surface area contributed by atoms with E-state index in [1.165, 1.54) is 28.0 Å². The molecule has 0 saturated carbocycles. The van der Waals surface area contributed by atoms with Crippen molar-refractivity contribution in [2.24, 2.45) is 0 Å². The van der Waals surface area contributed by atoms with Crippen LogP contribution in [-0.2, 0) is 17.6 Å². The predicted molar refractivity (Wildman–Crippen MR) is 140 cm³/mol. The van der Waals surface area contributed by atoms with Gasteiger partial charge in [0.25, 0.3) is 0 Å². The zero-order valence-corrected chi connectivity index (χ0v) is 21.3. The van der Waals surface area contributed by atoms with Gasteiger partial charge in [-0.3, -0.25) is 9.36 Å². The van der Waals surface area contributed by atoms with E-state index >= 15 is 0 Å². The van der Waals surface area contributed by atoms with Crippen molar-refractivity contribution < 1.29 is 4.79 Å². The fourth-order valence-corrected chi connectivity index (χ4v) is 6.30. The van der Waals surface area contributed by atoms with E-state index < -0.39 is 0 Å². The summed E-state index contributed by atoms with van der Waals surface area (Å²) in [6.07, 6.45) is 4.13. The van der Waals surface area contributed by atoms with Crippen LogP contribution in [0.15, 0.2) is 64.2 Å². The largest absolute Gasteiger partial charge is 0.316 e. The van der Waals surface area contributed by atoms with Crippen LogP contribution in [0.2, 0.25) is 0 Å². The molecule has 0 radical (unpaired) electrons. The zero-order chi connectivity index (χ0) is 23.5. The van der Waals surface area contributed by atoms with Crippen molar-refractivity contribution in [2.75, 3.05) is 11.1 Å². The molecule has 4 aromatic rings. The number of nitrogens with zero attached hydrogens (tertiary/aromatic N) is 4. The third-order valence-corrected chi connectivity index (χ3v) is 8.28. The Morgan fingerprint density at radius 2 is 1.88 bits per heavy atom. The highest BCUT2D eigenvalue weighted by Crippen LogP contribution is 2.38. The summed E-state index contributed by atoms with van der Waals surface area (Å²) < 4.78 is 2.95. The fourth-order valence-electron chi connectivity index (χ4n) is 4.02. The first-order valence-corrected chi connectivity index (χ1v) is 13.5. The second-order valence-electron chi connectivity index (χ2n) is 7.85. The van der Waals surface area contributed by atoms with Crippen LogP contribution in [0.5, 0.6) is 0 Å². The number of nitriles is 1. The number of anilines is 1. The van der Waals surface area contributed by atoms with Gasteiger partial charge in [0, 0.05) is 20.6 Å². The minimum atomic E-state index is -0.159. The van der Waals surface area contributed by atoms with Crippen molar-refractivity contribution in [3.8, 4) is 23.1 Å². The summed E-state index contributed by atoms with van der Waals surface area (Å²) in [7, 11) is 0. The molecule has 0 saturated heterocycles. The van der Waals surface area contributed by atoms with Gasteiger partial charge in [0.2, 0.25) is 5.91 Å². The molecule has 1 aliphatic carbocycles. The lowest BCUT2D eigenvalue weighted by molar-refractivity contribution is -0.113. The van der Waals surface area contributed by atoms with Crippen LogP contribution in [0.3, 0.4) is 0 Å². The van der Waals surface area contributed by atoms with Crippen molar-refractivity contribution in [1.29, 1.82) is 5.26 Å². The normalized spacial score (nSPS) is 12.7. The highest BCUT2D eigenvalue weighted by Gasteiger charge is 2.22. The summed E-state index contributed by atoms with van der Waals surface area (Å²) in [5.41, 5.74) is 3.59. The molecule has 34 heavy (non-hydrogen) atoms. The number of carbonyl (C=O) groups is 1. The minimum absolute atomic E-state index is 0.159. The predicted octanol–water partition coefficient (Wildman–Crippen LogP) is 6.24. The molecule has 5 rings (SSSR count). The number of rotatable bonds is 6. The lowest BCUT2D eigenvalue weighted by atomic mass is 9.96. The molecule has 1 N–H and O–H groups in total. The number of nitrogens with one attached hydrogen (secondary N) is 1. The Morgan fingerprint density at radius 3 is 2.65 bits per heavy atom. The summed E-state index contributed by atoms with van der Waals surface area (Å²) >= 11 is 6.34. The van der Waals surface area contributed by atoms with E-state index in [4.69, 9.17) is 0 Å². The van der Waals surface area contributed by atoms with Gasteiger partial charge in [0.15, 0.2) is 11.0 Å². The van der Waals surface area contributed by atoms with Crippen LogP contribution in [0.1, 0.15) is 28.8 Å². The molecule has 9 heteroatoms. The molecule has 2 heterocycles. The van der Waals surface area contributed by atoms with Gasteiger partial charge in [0.05, 0.1) is 11.3 Å². The maximum absolute atomic E-state index is 12.8. The first-order chi connectivity index (χ1) is 16.6. The van der Waals surface area contributed by atoms with E-state index in [9.17, 15) is 10.1 Å². The number of aryl methyl sites for hydroxylation is 1. The standard InChI is InChI=1S/C25H20BrN5OS2/c26-17-12-10-16(11-13-17)23-29-30-25(31(23)18-6-2-1-3-7-18)33-15-22(32)28-24-20(14-27)19-8-4-5-9-21(19)34-24/h1-3,6-7,10-13H,4-5,8-9,15H2,(H,28,32). The molecule has 0 fully saturated rings. The smallest absolute Gasteiger partial charge is 0.235 e. The number of thioether (sulfide) groups is 1. The average Bonchev–Trinajstić information content (AvgIpc) is 3.44. The van der Waals surface area contributed by atoms with Crippen LogP contribution in [-0.4, -0.2) is 26.4 Å². The Bertz CT molecular complexity index is 1370. The second kappa shape index (κ2) is 10.1. The van der Waals surface area contributed by atoms with Gasteiger partial charge < -0.3 is 5.32 Å². The van der Waals surface area contributed by atoms with E-state index in [1.54, 1.807) is 0 Å². The van der Waals surface area contributed by atoms with Gasteiger partial charge in [-0.2, -0.15) is 5.26 Å². The van der Waals surface area contributed by atoms with Crippen LogP contribution in [0.25, 0.3) is 17.1 Å². The highest BCUT2D eigenvalue weighted by molar-refractivity contribution is 9.10. The second-order valence-corrected chi connectivity index (χ2v) is 10.8. The first-order valence-electron chi connectivity index (χ1n) is 10.9. The number of para-hydroxylation sites is 1. The third-order valence-electron chi connectivity index (χ3n) is 5.62. The van der Waals surface area contributed by atoms with Crippen LogP contribution >= 0.6 is 39.0 Å². The fraction of sp³-hybridized carbons (Fsp3) is 0.200. The number of carbonyl (C=O) groups excluding carboxylic acids is 1. The van der Waals surface area contributed by atoms with Crippen LogP contribution in [0, 0.1) is 11.3 Å². The maximum Gasteiger partial charge on any atom is 0.235 e. The van der Waals surface area contributed by atoms with Crippen molar-refractivity contribution in [1.82, 2.24) is 14.8 Å². The zero-order valence-electron chi connectivity index (χ0n) is 18.1. The monoisotopic (exact) mass is 549 g/mol. The van der Waals surface area contributed by atoms with E-state index in [2.05, 4.69) is 37.5 Å². The minimum Gasteiger partial charge on any atom is -0.316 e. The van der Waals surface area contributed by atoms with Crippen molar-refractivity contribution >= 4 is 49.9 Å². The summed E-state index contributed by atoms with van der Waals surface area (Å²) in [5, 5.41) is 22.7. The third kappa shape index (κ3) is 4.67. The van der Waals surface area contributed by atoms with Gasteiger partial charge in [0.1, 0.15) is 11.1 Å². The summed E-state index contributed by atoms with van der Waals surface area (Å²) in [4.78, 5) is 14.1. The molecule has 0 unspecified atom stereocenters. The van der Waals surface area contributed by atoms with Crippen molar-refractivity contribution in [3.63, 3.8) is 0 Å². The molecule has 6 nitrogen and oxygen atoms in total. The van der Waals surface area contributed by atoms with Gasteiger partial charge >= 0.3 is 0 Å². The SMILES string of the molecule is N#Cc1c(NC(=O)CSc2nnc(-c3ccc(Br)cc3)n2-c2ccccc2)sc2c1CCCC2. The molecule has 1 aliphatic rings. The molecule has 0 spiro atoms. The first kappa shape index (κ1) is 22.8. The quantitative estimate of drug-likeness (QED) is 0.288. The average molecular weight is 551 g/mol. The maximum atomic E-state index is 12.8. The summed E-state index contributed by atoms with van der Waals surface area (Å²) in [6.45, 7) is 0. The molecule has 0 bridgehead atoms. The number of amides is 1. The van der Waals surface area contributed by atoms with Crippen molar-refractivity contribution in [3.05, 3.63) is 75.1 Å². The number of aromatic nitrogens is 3. The van der Waals surface area contributed by atoms with Gasteiger partial charge in [-0.25, -0.2) is 0 Å². The van der Waals surface area contributed by atoms with E-state index in [0.29, 0.717) is 21.5 Å². The Labute approximate surface area is 214 Å². The molecule has 2 aromatic heterocycles. The lowest BCUT2D eigenvalue weighted by Crippen LogP contribution is -2.14. The highest BCUT2D eigenvalue weighted by atomic mass is 79.9. The Morgan fingerprint density at radius 1 is 1.12 bits per heavy atom. The summed E-state index contributed by atoms with van der Waals surface area (Å²) in [6, 6.07) is 20.1. The molecule has 0 atom stereocenters. The van der Waals surface area contributed by atoms with Crippen molar-refractivity contribution in [2.45, 2.75) is 30.8 Å². The molecule has 1 amide bonds. The van der Waals surface area contributed by atoms with E-state index in [1.807, 2.05) is 59.2 Å². The molecule has 0 aliphatic heterocycles. The Kier molecular flexibility index (Phi) is 6.81. The molecular weight excluding hydrogens is 530 g/mol. The number of hydrogen-bond donors (Lipinski definition) is 1. The Balaban J connectivity index is 1.38. The van der Waals surface area contributed by atoms with Crippen LogP contribution in [0.4, 0.5) is 5.00 Å². The van der Waals surface area contributed by atoms with E-state index in [-0.39, 0.29) is 11.7 Å².